The van der Waals surface area contributed by atoms with E-state index in [2.05, 4.69) is 21.6 Å². The molecule has 3 heterocycles. The monoisotopic (exact) mass is 258 g/mol. The highest BCUT2D eigenvalue weighted by atomic mass is 15.1. The molecule has 0 bridgehead atoms. The second-order valence-corrected chi connectivity index (χ2v) is 5.35. The maximum Gasteiger partial charge on any atom is 0.141 e. The zero-order valence-corrected chi connectivity index (χ0v) is 11.4. The molecule has 0 unspecified atom stereocenters. The van der Waals surface area contributed by atoms with E-state index < -0.39 is 0 Å². The normalized spacial score (nSPS) is 17.1. The third-order valence-electron chi connectivity index (χ3n) is 3.97. The smallest absolute Gasteiger partial charge is 0.141 e. The van der Waals surface area contributed by atoms with E-state index in [1.807, 2.05) is 12.3 Å². The number of nitrogens with two attached hydrogens (primary N) is 1. The van der Waals surface area contributed by atoms with E-state index in [0.29, 0.717) is 6.54 Å². The van der Waals surface area contributed by atoms with Gasteiger partial charge in [-0.3, -0.25) is 0 Å². The Morgan fingerprint density at radius 2 is 2.05 bits per heavy atom. The van der Waals surface area contributed by atoms with Crippen molar-refractivity contribution in [3.63, 3.8) is 0 Å². The molecule has 2 N–H and O–H groups in total. The summed E-state index contributed by atoms with van der Waals surface area (Å²) in [5.41, 5.74) is 9.06. The number of pyridine rings is 1. The number of piperidine rings is 1. The van der Waals surface area contributed by atoms with Gasteiger partial charge in [-0.25, -0.2) is 4.98 Å². The summed E-state index contributed by atoms with van der Waals surface area (Å²) >= 11 is 0. The summed E-state index contributed by atoms with van der Waals surface area (Å²) < 4.78 is 2.09. The van der Waals surface area contributed by atoms with Gasteiger partial charge in [0, 0.05) is 37.5 Å². The number of hydrogen-bond acceptors (Lipinski definition) is 3. The van der Waals surface area contributed by atoms with Crippen molar-refractivity contribution in [2.24, 2.45) is 5.73 Å². The van der Waals surface area contributed by atoms with Crippen molar-refractivity contribution < 1.29 is 0 Å². The number of rotatable bonds is 4. The molecule has 102 valence electrons. The lowest BCUT2D eigenvalue weighted by Gasteiger charge is -2.25. The predicted molar refractivity (Wildman–Crippen MR) is 77.1 cm³/mol. The van der Waals surface area contributed by atoms with E-state index in [9.17, 15) is 0 Å². The lowest BCUT2D eigenvalue weighted by atomic mass is 10.1. The quantitative estimate of drug-likeness (QED) is 0.910. The molecule has 4 heteroatoms. The molecule has 3 rings (SSSR count). The first-order valence-corrected chi connectivity index (χ1v) is 7.25. The summed E-state index contributed by atoms with van der Waals surface area (Å²) in [6.07, 6.45) is 9.31. The number of fused-ring (bicyclic) bond motifs is 1. The van der Waals surface area contributed by atoms with E-state index in [4.69, 9.17) is 10.7 Å². The third kappa shape index (κ3) is 2.80. The lowest BCUT2D eigenvalue weighted by molar-refractivity contribution is 0.231. The van der Waals surface area contributed by atoms with Crippen LogP contribution in [0.1, 0.15) is 30.5 Å². The zero-order chi connectivity index (χ0) is 13.1. The standard InChI is InChI=1S/C15H22N4/c16-11-13-5-4-9-19-12-14(17-15(13)19)6-10-18-7-2-1-3-8-18/h4-5,9,12H,1-3,6-8,10-11,16H2. The number of aromatic nitrogens is 2. The molecule has 4 nitrogen and oxygen atoms in total. The molecule has 2 aromatic heterocycles. The Balaban J connectivity index is 1.70. The van der Waals surface area contributed by atoms with Gasteiger partial charge in [-0.05, 0) is 32.0 Å². The maximum atomic E-state index is 5.75. The average Bonchev–Trinajstić information content (AvgIpc) is 2.89. The molecule has 19 heavy (non-hydrogen) atoms. The van der Waals surface area contributed by atoms with Gasteiger partial charge in [-0.2, -0.15) is 0 Å². The number of nitrogens with zero attached hydrogens (tertiary/aromatic N) is 3. The van der Waals surface area contributed by atoms with Gasteiger partial charge >= 0.3 is 0 Å². The molecule has 1 fully saturated rings. The van der Waals surface area contributed by atoms with Gasteiger partial charge < -0.3 is 15.0 Å². The van der Waals surface area contributed by atoms with Crippen LogP contribution >= 0.6 is 0 Å². The fourth-order valence-electron chi connectivity index (χ4n) is 2.86. The molecule has 1 saturated heterocycles. The summed E-state index contributed by atoms with van der Waals surface area (Å²) in [5, 5.41) is 0. The van der Waals surface area contributed by atoms with Crippen LogP contribution in [0.3, 0.4) is 0 Å². The van der Waals surface area contributed by atoms with Gasteiger partial charge in [0.1, 0.15) is 5.65 Å². The minimum absolute atomic E-state index is 0.549. The molecule has 0 spiro atoms. The molecule has 0 atom stereocenters. The molecule has 0 radical (unpaired) electrons. The second-order valence-electron chi connectivity index (χ2n) is 5.35. The Labute approximate surface area is 114 Å². The Bertz CT molecular complexity index is 540. The molecular weight excluding hydrogens is 236 g/mol. The lowest BCUT2D eigenvalue weighted by Crippen LogP contribution is -2.31. The highest BCUT2D eigenvalue weighted by molar-refractivity contribution is 5.48. The fraction of sp³-hybridized carbons (Fsp3) is 0.533. The first kappa shape index (κ1) is 12.6. The number of imidazole rings is 1. The minimum Gasteiger partial charge on any atom is -0.326 e. The largest absolute Gasteiger partial charge is 0.326 e. The van der Waals surface area contributed by atoms with E-state index in [-0.39, 0.29) is 0 Å². The van der Waals surface area contributed by atoms with Crippen LogP contribution in [0, 0.1) is 0 Å². The van der Waals surface area contributed by atoms with Gasteiger partial charge in [0.25, 0.3) is 0 Å². The summed E-state index contributed by atoms with van der Waals surface area (Å²) in [5.74, 6) is 0. The Morgan fingerprint density at radius 3 is 2.84 bits per heavy atom. The van der Waals surface area contributed by atoms with Gasteiger partial charge in [-0.15, -0.1) is 0 Å². The maximum absolute atomic E-state index is 5.75. The Kier molecular flexibility index (Phi) is 3.80. The summed E-state index contributed by atoms with van der Waals surface area (Å²) in [6, 6.07) is 4.09. The molecule has 0 aliphatic carbocycles. The van der Waals surface area contributed by atoms with Crippen LogP contribution < -0.4 is 5.73 Å². The van der Waals surface area contributed by atoms with Crippen molar-refractivity contribution in [3.05, 3.63) is 35.8 Å². The van der Waals surface area contributed by atoms with Crippen molar-refractivity contribution in [2.45, 2.75) is 32.2 Å². The van der Waals surface area contributed by atoms with Crippen molar-refractivity contribution in [3.8, 4) is 0 Å². The van der Waals surface area contributed by atoms with Crippen LogP contribution in [0.15, 0.2) is 24.5 Å². The molecule has 1 aliphatic heterocycles. The number of likely N-dealkylation sites (tertiary alicyclic amines) is 1. The molecule has 2 aromatic rings. The highest BCUT2D eigenvalue weighted by Crippen LogP contribution is 2.13. The van der Waals surface area contributed by atoms with Gasteiger partial charge in [0.2, 0.25) is 0 Å². The van der Waals surface area contributed by atoms with Crippen LogP contribution in [-0.4, -0.2) is 33.9 Å². The molecule has 0 aromatic carbocycles. The SMILES string of the molecule is NCc1cccn2cc(CCN3CCCCC3)nc12. The summed E-state index contributed by atoms with van der Waals surface area (Å²) in [7, 11) is 0. The topological polar surface area (TPSA) is 46.6 Å². The average molecular weight is 258 g/mol. The van der Waals surface area contributed by atoms with Crippen LogP contribution in [0.2, 0.25) is 0 Å². The van der Waals surface area contributed by atoms with E-state index in [1.165, 1.54) is 38.0 Å². The van der Waals surface area contributed by atoms with Crippen molar-refractivity contribution >= 4 is 5.65 Å². The molecular formula is C15H22N4. The van der Waals surface area contributed by atoms with Crippen molar-refractivity contribution in [1.82, 2.24) is 14.3 Å². The molecule has 1 aliphatic rings. The third-order valence-corrected chi connectivity index (χ3v) is 3.97. The van der Waals surface area contributed by atoms with Crippen molar-refractivity contribution in [1.29, 1.82) is 0 Å². The number of hydrogen-bond donors (Lipinski definition) is 1. The second kappa shape index (κ2) is 5.72. The summed E-state index contributed by atoms with van der Waals surface area (Å²) in [6.45, 7) is 4.18. The first-order chi connectivity index (χ1) is 9.36. The first-order valence-electron chi connectivity index (χ1n) is 7.25. The van der Waals surface area contributed by atoms with Gasteiger partial charge in [0.05, 0.1) is 5.69 Å². The highest BCUT2D eigenvalue weighted by Gasteiger charge is 2.11. The fourth-order valence-corrected chi connectivity index (χ4v) is 2.86. The zero-order valence-electron chi connectivity index (χ0n) is 11.4. The van der Waals surface area contributed by atoms with Crippen LogP contribution in [0.5, 0.6) is 0 Å². The van der Waals surface area contributed by atoms with Crippen molar-refractivity contribution in [2.75, 3.05) is 19.6 Å². The Hall–Kier alpha value is -1.39. The van der Waals surface area contributed by atoms with E-state index in [1.54, 1.807) is 0 Å². The van der Waals surface area contributed by atoms with Crippen LogP contribution in [0.4, 0.5) is 0 Å². The van der Waals surface area contributed by atoms with Crippen LogP contribution in [0.25, 0.3) is 5.65 Å². The Morgan fingerprint density at radius 1 is 1.21 bits per heavy atom. The predicted octanol–water partition coefficient (Wildman–Crippen LogP) is 1.82. The minimum atomic E-state index is 0.549. The molecule has 0 saturated carbocycles. The summed E-state index contributed by atoms with van der Waals surface area (Å²) in [4.78, 5) is 7.28. The van der Waals surface area contributed by atoms with E-state index in [0.717, 1.165) is 24.2 Å². The van der Waals surface area contributed by atoms with Crippen LogP contribution in [-0.2, 0) is 13.0 Å². The van der Waals surface area contributed by atoms with Gasteiger partial charge in [0.15, 0.2) is 0 Å². The molecule has 0 amide bonds. The van der Waals surface area contributed by atoms with Gasteiger partial charge in [-0.1, -0.05) is 12.5 Å². The van der Waals surface area contributed by atoms with E-state index >= 15 is 0 Å².